The van der Waals surface area contributed by atoms with E-state index in [0.29, 0.717) is 5.75 Å². The molecular weight excluding hydrogens is 328 g/mol. The average molecular weight is 347 g/mol. The van der Waals surface area contributed by atoms with Gasteiger partial charge in [-0.2, -0.15) is 0 Å². The van der Waals surface area contributed by atoms with Crippen LogP contribution in [-0.4, -0.2) is 22.6 Å². The third-order valence-electron chi connectivity index (χ3n) is 4.37. The molecule has 0 fully saturated rings. The monoisotopic (exact) mass is 347 g/mol. The fraction of sp³-hybridized carbons (Fsp3) is 0.333. The van der Waals surface area contributed by atoms with Gasteiger partial charge in [0.15, 0.2) is 5.83 Å². The van der Waals surface area contributed by atoms with Gasteiger partial charge >= 0.3 is 0 Å². The van der Waals surface area contributed by atoms with Crippen LogP contribution in [-0.2, 0) is 18.4 Å². The SMILES string of the molecule is COc1ccc2ncn(C)c2c1CNC(=O)C1C=C(C)C(F)=C(F)C1. The van der Waals surface area contributed by atoms with Crippen LogP contribution in [0.15, 0.2) is 41.8 Å². The van der Waals surface area contributed by atoms with Gasteiger partial charge in [-0.25, -0.2) is 13.8 Å². The first kappa shape index (κ1) is 17.1. The van der Waals surface area contributed by atoms with Crippen LogP contribution in [0.3, 0.4) is 0 Å². The maximum atomic E-state index is 13.6. The van der Waals surface area contributed by atoms with Crippen LogP contribution in [0, 0.1) is 5.92 Å². The van der Waals surface area contributed by atoms with Gasteiger partial charge in [0.2, 0.25) is 5.91 Å². The molecule has 1 unspecified atom stereocenters. The molecule has 0 saturated heterocycles. The minimum atomic E-state index is -0.883. The largest absolute Gasteiger partial charge is 0.496 e. The number of imidazole rings is 1. The van der Waals surface area contributed by atoms with Crippen molar-refractivity contribution in [2.45, 2.75) is 19.9 Å². The normalized spacial score (nSPS) is 17.6. The number of hydrogen-bond acceptors (Lipinski definition) is 3. The van der Waals surface area contributed by atoms with Crippen molar-refractivity contribution in [2.75, 3.05) is 7.11 Å². The maximum absolute atomic E-state index is 13.6. The number of methoxy groups -OCH3 is 1. The highest BCUT2D eigenvalue weighted by Crippen LogP contribution is 2.31. The number of halogens is 2. The summed E-state index contributed by atoms with van der Waals surface area (Å²) in [5.41, 5.74) is 2.58. The Morgan fingerprint density at radius 1 is 1.44 bits per heavy atom. The van der Waals surface area contributed by atoms with E-state index in [-0.39, 0.29) is 24.4 Å². The molecule has 0 spiro atoms. The second-order valence-corrected chi connectivity index (χ2v) is 6.07. The molecule has 0 aliphatic heterocycles. The standard InChI is InChI=1S/C18H19F2N3O2/c1-10-6-11(7-13(19)16(10)20)18(24)21-8-12-15(25-3)5-4-14-17(12)23(2)9-22-14/h4-6,9,11H,7-8H2,1-3H3,(H,21,24). The van der Waals surface area contributed by atoms with Gasteiger partial charge < -0.3 is 14.6 Å². The molecule has 1 aliphatic rings. The molecule has 0 radical (unpaired) electrons. The maximum Gasteiger partial charge on any atom is 0.227 e. The van der Waals surface area contributed by atoms with Gasteiger partial charge in [0.25, 0.3) is 0 Å². The number of fused-ring (bicyclic) bond motifs is 1. The lowest BCUT2D eigenvalue weighted by atomic mass is 9.94. The quantitative estimate of drug-likeness (QED) is 0.923. The Morgan fingerprint density at radius 3 is 2.88 bits per heavy atom. The van der Waals surface area contributed by atoms with E-state index >= 15 is 0 Å². The predicted octanol–water partition coefficient (Wildman–Crippen LogP) is 3.31. The first-order valence-electron chi connectivity index (χ1n) is 7.90. The van der Waals surface area contributed by atoms with Crippen molar-refractivity contribution < 1.29 is 18.3 Å². The molecular formula is C18H19F2N3O2. The summed E-state index contributed by atoms with van der Waals surface area (Å²) in [6, 6.07) is 3.63. The number of aryl methyl sites for hydroxylation is 1. The number of hydrogen-bond donors (Lipinski definition) is 1. The molecule has 1 amide bonds. The Kier molecular flexibility index (Phi) is 4.57. The van der Waals surface area contributed by atoms with E-state index in [1.807, 2.05) is 17.7 Å². The second-order valence-electron chi connectivity index (χ2n) is 6.07. The van der Waals surface area contributed by atoms with E-state index < -0.39 is 17.6 Å². The molecule has 1 N–H and O–H groups in total. The lowest BCUT2D eigenvalue weighted by Gasteiger charge is -2.18. The Labute approximate surface area is 144 Å². The van der Waals surface area contributed by atoms with Crippen molar-refractivity contribution >= 4 is 16.9 Å². The summed E-state index contributed by atoms with van der Waals surface area (Å²) in [6.07, 6.45) is 2.88. The number of rotatable bonds is 4. The second kappa shape index (κ2) is 6.66. The highest BCUT2D eigenvalue weighted by Gasteiger charge is 2.26. The fourth-order valence-corrected chi connectivity index (χ4v) is 3.08. The number of carbonyl (C=O) groups is 1. The summed E-state index contributed by atoms with van der Waals surface area (Å²) >= 11 is 0. The van der Waals surface area contributed by atoms with Crippen molar-refractivity contribution in [1.82, 2.24) is 14.9 Å². The van der Waals surface area contributed by atoms with Gasteiger partial charge in [0.05, 0.1) is 30.4 Å². The van der Waals surface area contributed by atoms with Crippen LogP contribution in [0.1, 0.15) is 18.9 Å². The Hall–Kier alpha value is -2.70. The number of aromatic nitrogens is 2. The molecule has 1 aliphatic carbocycles. The molecule has 0 bridgehead atoms. The summed E-state index contributed by atoms with van der Waals surface area (Å²) in [4.78, 5) is 16.7. The number of nitrogens with zero attached hydrogens (tertiary/aromatic N) is 2. The molecule has 25 heavy (non-hydrogen) atoms. The molecule has 132 valence electrons. The smallest absolute Gasteiger partial charge is 0.227 e. The fourth-order valence-electron chi connectivity index (χ4n) is 3.08. The van der Waals surface area contributed by atoms with E-state index in [2.05, 4.69) is 10.3 Å². The highest BCUT2D eigenvalue weighted by atomic mass is 19.2. The van der Waals surface area contributed by atoms with Crippen LogP contribution < -0.4 is 10.1 Å². The van der Waals surface area contributed by atoms with Crippen LogP contribution in [0.25, 0.3) is 11.0 Å². The van der Waals surface area contributed by atoms with Gasteiger partial charge in [0, 0.05) is 25.6 Å². The van der Waals surface area contributed by atoms with Gasteiger partial charge in [-0.1, -0.05) is 6.08 Å². The van der Waals surface area contributed by atoms with Crippen molar-refractivity contribution in [3.8, 4) is 5.75 Å². The minimum Gasteiger partial charge on any atom is -0.496 e. The summed E-state index contributed by atoms with van der Waals surface area (Å²) < 4.78 is 34.2. The summed E-state index contributed by atoms with van der Waals surface area (Å²) in [5, 5.41) is 2.79. The highest BCUT2D eigenvalue weighted by molar-refractivity contribution is 5.84. The number of nitrogens with one attached hydrogen (secondary N) is 1. The molecule has 5 nitrogen and oxygen atoms in total. The molecule has 0 saturated carbocycles. The zero-order valence-electron chi connectivity index (χ0n) is 14.3. The minimum absolute atomic E-state index is 0.148. The zero-order chi connectivity index (χ0) is 18.1. The molecule has 1 aromatic carbocycles. The number of carbonyl (C=O) groups excluding carboxylic acids is 1. The third kappa shape index (κ3) is 3.14. The van der Waals surface area contributed by atoms with Crippen molar-refractivity contribution in [3.05, 3.63) is 47.3 Å². The van der Waals surface area contributed by atoms with Crippen molar-refractivity contribution in [1.29, 1.82) is 0 Å². The van der Waals surface area contributed by atoms with E-state index in [0.717, 1.165) is 16.6 Å². The summed E-state index contributed by atoms with van der Waals surface area (Å²) in [6.45, 7) is 1.66. The Morgan fingerprint density at radius 2 is 2.20 bits per heavy atom. The first-order valence-corrected chi connectivity index (χ1v) is 7.90. The van der Waals surface area contributed by atoms with Crippen LogP contribution in [0.2, 0.25) is 0 Å². The first-order chi connectivity index (χ1) is 11.9. The van der Waals surface area contributed by atoms with Crippen LogP contribution in [0.4, 0.5) is 8.78 Å². The number of ether oxygens (including phenoxy) is 1. The topological polar surface area (TPSA) is 56.1 Å². The van der Waals surface area contributed by atoms with E-state index in [1.165, 1.54) is 13.0 Å². The number of allylic oxidation sites excluding steroid dienone is 3. The van der Waals surface area contributed by atoms with Crippen LogP contribution in [0.5, 0.6) is 5.75 Å². The number of benzene rings is 1. The van der Waals surface area contributed by atoms with E-state index in [9.17, 15) is 13.6 Å². The lowest BCUT2D eigenvalue weighted by Crippen LogP contribution is -2.31. The molecule has 1 heterocycles. The Balaban J connectivity index is 1.81. The average Bonchev–Trinajstić information content (AvgIpc) is 2.98. The molecule has 3 rings (SSSR count). The molecule has 2 aromatic rings. The zero-order valence-corrected chi connectivity index (χ0v) is 14.3. The van der Waals surface area contributed by atoms with Gasteiger partial charge in [-0.15, -0.1) is 0 Å². The Bertz CT molecular complexity index is 899. The number of amides is 1. The predicted molar refractivity (Wildman–Crippen MR) is 90.2 cm³/mol. The summed E-state index contributed by atoms with van der Waals surface area (Å²) in [5.74, 6) is -2.21. The van der Waals surface area contributed by atoms with Gasteiger partial charge in [-0.3, -0.25) is 4.79 Å². The summed E-state index contributed by atoms with van der Waals surface area (Å²) in [7, 11) is 3.41. The van der Waals surface area contributed by atoms with Crippen LogP contribution >= 0.6 is 0 Å². The third-order valence-corrected chi connectivity index (χ3v) is 4.37. The van der Waals surface area contributed by atoms with Gasteiger partial charge in [-0.05, 0) is 24.6 Å². The lowest BCUT2D eigenvalue weighted by molar-refractivity contribution is -0.123. The van der Waals surface area contributed by atoms with E-state index in [4.69, 9.17) is 4.74 Å². The van der Waals surface area contributed by atoms with Crippen molar-refractivity contribution in [2.24, 2.45) is 13.0 Å². The molecule has 1 aromatic heterocycles. The molecule has 7 heteroatoms. The van der Waals surface area contributed by atoms with E-state index in [1.54, 1.807) is 19.5 Å². The van der Waals surface area contributed by atoms with Crippen molar-refractivity contribution in [3.63, 3.8) is 0 Å². The van der Waals surface area contributed by atoms with Gasteiger partial charge in [0.1, 0.15) is 11.6 Å². The molecule has 1 atom stereocenters.